The van der Waals surface area contributed by atoms with Gasteiger partial charge in [-0.25, -0.2) is 9.37 Å². The molecule has 0 spiro atoms. The number of carbonyl (C=O) groups is 2. The predicted octanol–water partition coefficient (Wildman–Crippen LogP) is 2.98. The number of aryl methyl sites for hydroxylation is 1. The summed E-state index contributed by atoms with van der Waals surface area (Å²) in [5.41, 5.74) is 0.335. The molecule has 1 aromatic heterocycles. The van der Waals surface area contributed by atoms with E-state index in [0.717, 1.165) is 0 Å². The van der Waals surface area contributed by atoms with E-state index in [9.17, 15) is 14.0 Å². The van der Waals surface area contributed by atoms with Crippen LogP contribution in [0.25, 0.3) is 11.3 Å². The molecular weight excluding hydrogens is 339 g/mol. The number of piperidine rings is 1. The van der Waals surface area contributed by atoms with Gasteiger partial charge in [0.25, 0.3) is 0 Å². The normalized spacial score (nSPS) is 20.2. The van der Waals surface area contributed by atoms with E-state index in [1.165, 1.54) is 12.3 Å². The van der Waals surface area contributed by atoms with Crippen molar-refractivity contribution in [1.82, 2.24) is 9.88 Å². The monoisotopic (exact) mass is 360 g/mol. The first-order chi connectivity index (χ1) is 12.5. The number of carbonyl (C=O) groups excluding carboxylic acids is 1. The first-order valence-corrected chi connectivity index (χ1v) is 8.66. The lowest BCUT2D eigenvalue weighted by molar-refractivity contribution is -0.148. The fourth-order valence-electron chi connectivity index (χ4n) is 3.32. The molecule has 6 nitrogen and oxygen atoms in total. The maximum atomic E-state index is 13.8. The molecule has 1 aliphatic heterocycles. The molecule has 1 fully saturated rings. The maximum Gasteiger partial charge on any atom is 0.306 e. The van der Waals surface area contributed by atoms with Crippen LogP contribution in [0, 0.1) is 17.7 Å². The largest absolute Gasteiger partial charge is 0.481 e. The number of oxazole rings is 1. The van der Waals surface area contributed by atoms with Crippen molar-refractivity contribution in [2.45, 2.75) is 26.2 Å². The Hall–Kier alpha value is -2.70. The summed E-state index contributed by atoms with van der Waals surface area (Å²) in [5, 5.41) is 9.15. The minimum absolute atomic E-state index is 0.0497. The Kier molecular flexibility index (Phi) is 5.35. The number of carboxylic acids is 1. The van der Waals surface area contributed by atoms with Crippen LogP contribution < -0.4 is 0 Å². The number of amides is 1. The Morgan fingerprint density at radius 2 is 2.15 bits per heavy atom. The summed E-state index contributed by atoms with van der Waals surface area (Å²) >= 11 is 0. The molecule has 0 radical (unpaired) electrons. The van der Waals surface area contributed by atoms with E-state index in [1.54, 1.807) is 23.1 Å². The van der Waals surface area contributed by atoms with E-state index in [4.69, 9.17) is 9.52 Å². The number of carboxylic acid groups (broad SMARTS) is 1. The van der Waals surface area contributed by atoms with Crippen LogP contribution in [0.1, 0.15) is 25.7 Å². The third kappa shape index (κ3) is 3.92. The molecule has 1 aromatic carbocycles. The fraction of sp³-hybridized carbons (Fsp3) is 0.421. The van der Waals surface area contributed by atoms with Crippen LogP contribution in [-0.2, 0) is 16.0 Å². The van der Waals surface area contributed by atoms with Crippen LogP contribution in [0.4, 0.5) is 4.39 Å². The molecule has 138 valence electrons. The van der Waals surface area contributed by atoms with Gasteiger partial charge in [-0.1, -0.05) is 19.1 Å². The SMILES string of the molecule is CC1CN(C(=O)CCc2ncc(-c3ccccc3F)o2)CCC1C(=O)O. The number of hydrogen-bond donors (Lipinski definition) is 1. The molecular formula is C19H21FN2O4. The Morgan fingerprint density at radius 3 is 2.85 bits per heavy atom. The first kappa shape index (κ1) is 18.1. The minimum atomic E-state index is -0.801. The molecule has 0 bridgehead atoms. The number of benzene rings is 1. The Balaban J connectivity index is 1.56. The zero-order chi connectivity index (χ0) is 18.7. The van der Waals surface area contributed by atoms with Gasteiger partial charge in [0.1, 0.15) is 5.82 Å². The third-order valence-corrected chi connectivity index (χ3v) is 4.82. The van der Waals surface area contributed by atoms with Crippen molar-refractivity contribution in [1.29, 1.82) is 0 Å². The molecule has 0 aliphatic carbocycles. The van der Waals surface area contributed by atoms with Gasteiger partial charge in [-0.2, -0.15) is 0 Å². The van der Waals surface area contributed by atoms with Crippen LogP contribution in [0.15, 0.2) is 34.9 Å². The van der Waals surface area contributed by atoms with E-state index >= 15 is 0 Å². The van der Waals surface area contributed by atoms with Gasteiger partial charge < -0.3 is 14.4 Å². The topological polar surface area (TPSA) is 83.6 Å². The quantitative estimate of drug-likeness (QED) is 0.886. The molecule has 1 saturated heterocycles. The van der Waals surface area contributed by atoms with Crippen molar-refractivity contribution in [3.8, 4) is 11.3 Å². The number of aromatic nitrogens is 1. The van der Waals surface area contributed by atoms with Crippen molar-refractivity contribution in [3.63, 3.8) is 0 Å². The zero-order valence-corrected chi connectivity index (χ0v) is 14.5. The molecule has 1 N–H and O–H groups in total. The Labute approximate surface area is 150 Å². The average Bonchev–Trinajstić information content (AvgIpc) is 3.08. The van der Waals surface area contributed by atoms with Crippen LogP contribution in [0.2, 0.25) is 0 Å². The van der Waals surface area contributed by atoms with Crippen molar-refractivity contribution < 1.29 is 23.5 Å². The van der Waals surface area contributed by atoms with Gasteiger partial charge in [0.2, 0.25) is 5.91 Å². The molecule has 2 unspecified atom stereocenters. The molecule has 2 heterocycles. The zero-order valence-electron chi connectivity index (χ0n) is 14.5. The third-order valence-electron chi connectivity index (χ3n) is 4.82. The van der Waals surface area contributed by atoms with Gasteiger partial charge in [0, 0.05) is 25.9 Å². The standard InChI is InChI=1S/C19H21FN2O4/c1-12-11-22(9-8-13(12)19(24)25)18(23)7-6-17-21-10-16(26-17)14-4-2-3-5-15(14)20/h2-5,10,12-13H,6-9,11H2,1H3,(H,24,25). The predicted molar refractivity (Wildman–Crippen MR) is 91.7 cm³/mol. The van der Waals surface area contributed by atoms with Gasteiger partial charge in [-0.3, -0.25) is 9.59 Å². The molecule has 2 aromatic rings. The lowest BCUT2D eigenvalue weighted by Gasteiger charge is -2.35. The van der Waals surface area contributed by atoms with Gasteiger partial charge in [-0.15, -0.1) is 0 Å². The van der Waals surface area contributed by atoms with Crippen molar-refractivity contribution in [3.05, 3.63) is 42.2 Å². The second-order valence-corrected chi connectivity index (χ2v) is 6.65. The van der Waals surface area contributed by atoms with Gasteiger partial charge in [0.05, 0.1) is 17.7 Å². The van der Waals surface area contributed by atoms with Crippen molar-refractivity contribution >= 4 is 11.9 Å². The van der Waals surface area contributed by atoms with E-state index in [2.05, 4.69) is 4.98 Å². The average molecular weight is 360 g/mol. The molecule has 1 amide bonds. The van der Waals surface area contributed by atoms with E-state index in [0.29, 0.717) is 43.1 Å². The van der Waals surface area contributed by atoms with Crippen LogP contribution in [-0.4, -0.2) is 40.0 Å². The summed E-state index contributed by atoms with van der Waals surface area (Å²) < 4.78 is 19.3. The second-order valence-electron chi connectivity index (χ2n) is 6.65. The van der Waals surface area contributed by atoms with Crippen molar-refractivity contribution in [2.24, 2.45) is 11.8 Å². The molecule has 26 heavy (non-hydrogen) atoms. The molecule has 3 rings (SSSR count). The Bertz CT molecular complexity index is 804. The summed E-state index contributed by atoms with van der Waals surface area (Å²) in [4.78, 5) is 29.3. The number of hydrogen-bond acceptors (Lipinski definition) is 4. The number of aliphatic carboxylic acids is 1. The fourth-order valence-corrected chi connectivity index (χ4v) is 3.32. The first-order valence-electron chi connectivity index (χ1n) is 8.66. The number of likely N-dealkylation sites (tertiary alicyclic amines) is 1. The van der Waals surface area contributed by atoms with Crippen LogP contribution >= 0.6 is 0 Å². The number of halogens is 1. The number of nitrogens with zero attached hydrogens (tertiary/aromatic N) is 2. The number of rotatable bonds is 5. The van der Waals surface area contributed by atoms with Gasteiger partial charge in [0.15, 0.2) is 11.7 Å². The highest BCUT2D eigenvalue weighted by Crippen LogP contribution is 2.25. The minimum Gasteiger partial charge on any atom is -0.481 e. The summed E-state index contributed by atoms with van der Waals surface area (Å²) in [6, 6.07) is 6.27. The van der Waals surface area contributed by atoms with Crippen LogP contribution in [0.3, 0.4) is 0 Å². The smallest absolute Gasteiger partial charge is 0.306 e. The van der Waals surface area contributed by atoms with E-state index < -0.39 is 11.9 Å². The van der Waals surface area contributed by atoms with Gasteiger partial charge >= 0.3 is 5.97 Å². The highest BCUT2D eigenvalue weighted by atomic mass is 19.1. The molecule has 7 heteroatoms. The highest BCUT2D eigenvalue weighted by molar-refractivity contribution is 5.77. The summed E-state index contributed by atoms with van der Waals surface area (Å²) in [7, 11) is 0. The van der Waals surface area contributed by atoms with E-state index in [1.807, 2.05) is 6.92 Å². The lowest BCUT2D eigenvalue weighted by Crippen LogP contribution is -2.45. The van der Waals surface area contributed by atoms with E-state index in [-0.39, 0.29) is 24.1 Å². The molecule has 0 saturated carbocycles. The van der Waals surface area contributed by atoms with Gasteiger partial charge in [-0.05, 0) is 24.5 Å². The highest BCUT2D eigenvalue weighted by Gasteiger charge is 2.32. The Morgan fingerprint density at radius 1 is 1.38 bits per heavy atom. The van der Waals surface area contributed by atoms with Crippen molar-refractivity contribution in [2.75, 3.05) is 13.1 Å². The maximum absolute atomic E-state index is 13.8. The summed E-state index contributed by atoms with van der Waals surface area (Å²) in [6.07, 6.45) is 2.47. The summed E-state index contributed by atoms with van der Waals surface area (Å²) in [6.45, 7) is 2.75. The lowest BCUT2D eigenvalue weighted by atomic mass is 9.87. The molecule has 2 atom stereocenters. The van der Waals surface area contributed by atoms with Crippen LogP contribution in [0.5, 0.6) is 0 Å². The molecule has 1 aliphatic rings. The second kappa shape index (κ2) is 7.68. The summed E-state index contributed by atoms with van der Waals surface area (Å²) in [5.74, 6) is -0.988.